The zero-order chi connectivity index (χ0) is 15.2. The van der Waals surface area contributed by atoms with Gasteiger partial charge in [-0.2, -0.15) is 0 Å². The van der Waals surface area contributed by atoms with E-state index in [9.17, 15) is 4.39 Å². The molecule has 0 aliphatic heterocycles. The summed E-state index contributed by atoms with van der Waals surface area (Å²) < 4.78 is 13.0. The second-order valence-corrected chi connectivity index (χ2v) is 5.44. The molecular weight excluding hydrogens is 287 g/mol. The van der Waals surface area contributed by atoms with Gasteiger partial charge in [-0.1, -0.05) is 23.7 Å². The number of rotatable bonds is 6. The summed E-state index contributed by atoms with van der Waals surface area (Å²) in [4.78, 5) is 2.19. The van der Waals surface area contributed by atoms with Crippen LogP contribution in [0.25, 0.3) is 0 Å². The lowest BCUT2D eigenvalue weighted by atomic mass is 10.0. The minimum atomic E-state index is -0.215. The number of benzene rings is 2. The molecule has 1 unspecified atom stereocenters. The zero-order valence-electron chi connectivity index (χ0n) is 12.1. The van der Waals surface area contributed by atoms with E-state index in [1.165, 1.54) is 12.1 Å². The first-order valence-electron chi connectivity index (χ1n) is 7.11. The highest BCUT2D eigenvalue weighted by molar-refractivity contribution is 6.30. The third kappa shape index (κ3) is 4.45. The van der Waals surface area contributed by atoms with Crippen LogP contribution in [0.5, 0.6) is 0 Å². The Bertz CT molecular complexity index is 554. The highest BCUT2D eigenvalue weighted by Gasteiger charge is 2.10. The summed E-state index contributed by atoms with van der Waals surface area (Å²) in [5.41, 5.74) is 8.31. The zero-order valence-corrected chi connectivity index (χ0v) is 12.9. The molecule has 0 spiro atoms. The van der Waals surface area contributed by atoms with Crippen molar-refractivity contribution in [3.63, 3.8) is 0 Å². The van der Waals surface area contributed by atoms with Crippen LogP contribution in [0.4, 0.5) is 10.1 Å². The van der Waals surface area contributed by atoms with E-state index in [4.69, 9.17) is 17.3 Å². The van der Waals surface area contributed by atoms with E-state index >= 15 is 0 Å². The van der Waals surface area contributed by atoms with Crippen molar-refractivity contribution in [3.05, 3.63) is 64.9 Å². The fraction of sp³-hybridized carbons (Fsp3) is 0.294. The van der Waals surface area contributed by atoms with Crippen LogP contribution in [0.3, 0.4) is 0 Å². The van der Waals surface area contributed by atoms with Crippen molar-refractivity contribution in [3.8, 4) is 0 Å². The summed E-state index contributed by atoms with van der Waals surface area (Å²) in [6, 6.07) is 14.2. The molecule has 2 rings (SSSR count). The highest BCUT2D eigenvalue weighted by atomic mass is 35.5. The van der Waals surface area contributed by atoms with E-state index < -0.39 is 0 Å². The lowest BCUT2D eigenvalue weighted by Gasteiger charge is -2.25. The number of hydrogen-bond acceptors (Lipinski definition) is 2. The molecule has 0 saturated heterocycles. The third-order valence-electron chi connectivity index (χ3n) is 3.58. The number of nitrogens with two attached hydrogens (primary N) is 1. The Morgan fingerprint density at radius 3 is 2.29 bits per heavy atom. The summed E-state index contributed by atoms with van der Waals surface area (Å²) in [6.45, 7) is 3.77. The van der Waals surface area contributed by atoms with Gasteiger partial charge >= 0.3 is 0 Å². The maximum absolute atomic E-state index is 13.0. The standard InChI is InChI=1S/C17H20ClFN2/c1-2-21(16-9-7-15(19)8-10-16)12-11-17(20)13-3-5-14(18)6-4-13/h3-10,17H,2,11-12,20H2,1H3. The molecule has 2 nitrogen and oxygen atoms in total. The molecule has 0 amide bonds. The van der Waals surface area contributed by atoms with E-state index in [2.05, 4.69) is 11.8 Å². The van der Waals surface area contributed by atoms with Gasteiger partial charge in [0.1, 0.15) is 5.82 Å². The molecule has 112 valence electrons. The predicted octanol–water partition coefficient (Wildman–Crippen LogP) is 4.40. The van der Waals surface area contributed by atoms with Gasteiger partial charge in [0.15, 0.2) is 0 Å². The van der Waals surface area contributed by atoms with Crippen LogP contribution in [0.15, 0.2) is 48.5 Å². The molecule has 1 atom stereocenters. The normalized spacial score (nSPS) is 12.2. The summed E-state index contributed by atoms with van der Waals surface area (Å²) in [7, 11) is 0. The van der Waals surface area contributed by atoms with Crippen molar-refractivity contribution in [2.75, 3.05) is 18.0 Å². The number of nitrogens with zero attached hydrogens (tertiary/aromatic N) is 1. The van der Waals surface area contributed by atoms with Gasteiger partial charge in [0.05, 0.1) is 0 Å². The minimum absolute atomic E-state index is 0.0308. The first-order chi connectivity index (χ1) is 10.1. The topological polar surface area (TPSA) is 29.3 Å². The van der Waals surface area contributed by atoms with Gasteiger partial charge in [0, 0.05) is 29.8 Å². The Morgan fingerprint density at radius 1 is 1.10 bits per heavy atom. The molecule has 0 aliphatic rings. The van der Waals surface area contributed by atoms with Crippen LogP contribution >= 0.6 is 11.6 Å². The number of anilines is 1. The summed E-state index contributed by atoms with van der Waals surface area (Å²) in [6.07, 6.45) is 0.826. The Kier molecular flexibility index (Phi) is 5.59. The lowest BCUT2D eigenvalue weighted by Crippen LogP contribution is -2.27. The molecule has 0 bridgehead atoms. The largest absolute Gasteiger partial charge is 0.372 e. The van der Waals surface area contributed by atoms with E-state index in [0.29, 0.717) is 5.02 Å². The fourth-order valence-electron chi connectivity index (χ4n) is 2.29. The molecule has 2 N–H and O–H groups in total. The van der Waals surface area contributed by atoms with Crippen LogP contribution in [0.1, 0.15) is 24.9 Å². The van der Waals surface area contributed by atoms with Crippen LogP contribution in [0, 0.1) is 5.82 Å². The molecule has 0 fully saturated rings. The number of hydrogen-bond donors (Lipinski definition) is 1. The maximum Gasteiger partial charge on any atom is 0.123 e. The molecule has 0 radical (unpaired) electrons. The first-order valence-corrected chi connectivity index (χ1v) is 7.49. The van der Waals surface area contributed by atoms with E-state index in [0.717, 1.165) is 30.8 Å². The summed E-state index contributed by atoms with van der Waals surface area (Å²) in [5.74, 6) is -0.215. The average Bonchev–Trinajstić information content (AvgIpc) is 2.50. The van der Waals surface area contributed by atoms with Crippen LogP contribution in [0.2, 0.25) is 5.02 Å². The van der Waals surface area contributed by atoms with E-state index in [-0.39, 0.29) is 11.9 Å². The van der Waals surface area contributed by atoms with Crippen LogP contribution in [-0.2, 0) is 0 Å². The first kappa shape index (κ1) is 15.8. The van der Waals surface area contributed by atoms with Gasteiger partial charge in [-0.25, -0.2) is 4.39 Å². The van der Waals surface area contributed by atoms with Crippen molar-refractivity contribution in [1.29, 1.82) is 0 Å². The van der Waals surface area contributed by atoms with Gasteiger partial charge in [0.25, 0.3) is 0 Å². The van der Waals surface area contributed by atoms with E-state index in [1.54, 1.807) is 12.1 Å². The number of halogens is 2. The van der Waals surface area contributed by atoms with Crippen LogP contribution in [-0.4, -0.2) is 13.1 Å². The minimum Gasteiger partial charge on any atom is -0.372 e. The van der Waals surface area contributed by atoms with Crippen LogP contribution < -0.4 is 10.6 Å². The molecule has 0 heterocycles. The lowest BCUT2D eigenvalue weighted by molar-refractivity contribution is 0.622. The monoisotopic (exact) mass is 306 g/mol. The SMILES string of the molecule is CCN(CCC(N)c1ccc(Cl)cc1)c1ccc(F)cc1. The second-order valence-electron chi connectivity index (χ2n) is 5.00. The van der Waals surface area contributed by atoms with Gasteiger partial charge < -0.3 is 10.6 Å². The van der Waals surface area contributed by atoms with Crippen molar-refractivity contribution in [2.24, 2.45) is 5.73 Å². The molecule has 2 aromatic carbocycles. The molecule has 21 heavy (non-hydrogen) atoms. The summed E-state index contributed by atoms with van der Waals surface area (Å²) in [5, 5.41) is 0.715. The third-order valence-corrected chi connectivity index (χ3v) is 3.83. The smallest absolute Gasteiger partial charge is 0.123 e. The molecule has 0 aliphatic carbocycles. The summed E-state index contributed by atoms with van der Waals surface area (Å²) >= 11 is 5.88. The van der Waals surface area contributed by atoms with Gasteiger partial charge in [-0.15, -0.1) is 0 Å². The Hall–Kier alpha value is -1.58. The quantitative estimate of drug-likeness (QED) is 0.857. The molecular formula is C17H20ClFN2. The Morgan fingerprint density at radius 2 is 1.71 bits per heavy atom. The fourth-order valence-corrected chi connectivity index (χ4v) is 2.42. The van der Waals surface area contributed by atoms with Crippen molar-refractivity contribution >= 4 is 17.3 Å². The predicted molar refractivity (Wildman–Crippen MR) is 87.3 cm³/mol. The average molecular weight is 307 g/mol. The maximum atomic E-state index is 13.0. The molecule has 0 aromatic heterocycles. The molecule has 4 heteroatoms. The van der Waals surface area contributed by atoms with Gasteiger partial charge in [-0.3, -0.25) is 0 Å². The van der Waals surface area contributed by atoms with Crippen molar-refractivity contribution in [2.45, 2.75) is 19.4 Å². The Labute approximate surface area is 130 Å². The Balaban J connectivity index is 1.96. The van der Waals surface area contributed by atoms with Gasteiger partial charge in [-0.05, 0) is 55.3 Å². The van der Waals surface area contributed by atoms with Crippen molar-refractivity contribution in [1.82, 2.24) is 0 Å². The van der Waals surface area contributed by atoms with Crippen molar-refractivity contribution < 1.29 is 4.39 Å². The van der Waals surface area contributed by atoms with Gasteiger partial charge in [0.2, 0.25) is 0 Å². The highest BCUT2D eigenvalue weighted by Crippen LogP contribution is 2.20. The molecule has 0 saturated carbocycles. The molecule has 2 aromatic rings. The van der Waals surface area contributed by atoms with E-state index in [1.807, 2.05) is 24.3 Å². The second kappa shape index (κ2) is 7.43.